The Balaban J connectivity index is 2.07. The van der Waals surface area contributed by atoms with Gasteiger partial charge >= 0.3 is 0 Å². The Morgan fingerprint density at radius 1 is 0.947 bits per heavy atom. The second kappa shape index (κ2) is 6.29. The lowest BCUT2D eigenvalue weighted by molar-refractivity contribution is 0.302. The number of hydrogen-bond donors (Lipinski definition) is 1. The minimum Gasteiger partial charge on any atom is -0.489 e. The van der Waals surface area contributed by atoms with Crippen molar-refractivity contribution >= 4 is 0 Å². The van der Waals surface area contributed by atoms with E-state index < -0.39 is 11.6 Å². The maximum Gasteiger partial charge on any atom is 0.162 e. The fourth-order valence-electron chi connectivity index (χ4n) is 1.83. The van der Waals surface area contributed by atoms with E-state index in [2.05, 4.69) is 0 Å². The lowest BCUT2D eigenvalue weighted by atomic mass is 10.1. The first-order valence-corrected chi connectivity index (χ1v) is 6.05. The average molecular weight is 263 g/mol. The molecule has 0 aliphatic carbocycles. The minimum absolute atomic E-state index is 0.307. The molecule has 0 saturated carbocycles. The van der Waals surface area contributed by atoms with Crippen molar-refractivity contribution in [3.63, 3.8) is 0 Å². The third-order valence-electron chi connectivity index (χ3n) is 2.82. The molecular formula is C15H15F2NO. The molecule has 0 spiro atoms. The van der Waals surface area contributed by atoms with Gasteiger partial charge in [-0.15, -0.1) is 0 Å². The molecule has 0 bridgehead atoms. The zero-order valence-corrected chi connectivity index (χ0v) is 10.4. The third-order valence-corrected chi connectivity index (χ3v) is 2.82. The van der Waals surface area contributed by atoms with Gasteiger partial charge in [-0.3, -0.25) is 0 Å². The second-order valence-electron chi connectivity index (χ2n) is 4.17. The van der Waals surface area contributed by atoms with Gasteiger partial charge in [0.15, 0.2) is 11.6 Å². The molecule has 0 saturated heterocycles. The van der Waals surface area contributed by atoms with Gasteiger partial charge in [0, 0.05) is 6.07 Å². The third kappa shape index (κ3) is 3.51. The van der Waals surface area contributed by atoms with E-state index in [0.717, 1.165) is 29.7 Å². The molecular weight excluding hydrogens is 248 g/mol. The molecule has 2 nitrogen and oxygen atoms in total. The van der Waals surface area contributed by atoms with Crippen LogP contribution in [0.3, 0.4) is 0 Å². The van der Waals surface area contributed by atoms with Crippen molar-refractivity contribution in [2.75, 3.05) is 6.54 Å². The zero-order chi connectivity index (χ0) is 13.7. The fourth-order valence-corrected chi connectivity index (χ4v) is 1.83. The first-order valence-electron chi connectivity index (χ1n) is 6.05. The molecule has 19 heavy (non-hydrogen) atoms. The summed E-state index contributed by atoms with van der Waals surface area (Å²) in [4.78, 5) is 0. The molecule has 0 radical (unpaired) electrons. The van der Waals surface area contributed by atoms with E-state index in [0.29, 0.717) is 18.9 Å². The molecule has 0 unspecified atom stereocenters. The van der Waals surface area contributed by atoms with Crippen LogP contribution in [0.1, 0.15) is 11.1 Å². The number of hydrogen-bond acceptors (Lipinski definition) is 2. The fraction of sp³-hybridized carbons (Fsp3) is 0.200. The largest absolute Gasteiger partial charge is 0.489 e. The highest BCUT2D eigenvalue weighted by Gasteiger charge is 2.05. The molecule has 0 amide bonds. The van der Waals surface area contributed by atoms with Gasteiger partial charge in [-0.05, 0) is 36.2 Å². The summed E-state index contributed by atoms with van der Waals surface area (Å²) in [6.07, 6.45) is 0.761. The Kier molecular flexibility index (Phi) is 4.47. The number of benzene rings is 2. The standard InChI is InChI=1S/C15H15F2NO/c16-14-6-5-13(9-15(14)17)19-10-12-4-2-1-3-11(12)7-8-18/h1-6,9H,7-8,10,18H2. The second-order valence-corrected chi connectivity index (χ2v) is 4.17. The van der Waals surface area contributed by atoms with Crippen LogP contribution < -0.4 is 10.5 Å². The van der Waals surface area contributed by atoms with Crippen LogP contribution in [-0.4, -0.2) is 6.54 Å². The average Bonchev–Trinajstić information content (AvgIpc) is 2.42. The number of halogens is 2. The molecule has 0 aromatic heterocycles. The quantitative estimate of drug-likeness (QED) is 0.899. The van der Waals surface area contributed by atoms with Crippen LogP contribution in [-0.2, 0) is 13.0 Å². The predicted molar refractivity (Wildman–Crippen MR) is 69.9 cm³/mol. The number of rotatable bonds is 5. The van der Waals surface area contributed by atoms with E-state index >= 15 is 0 Å². The Bertz CT molecular complexity index is 558. The van der Waals surface area contributed by atoms with Crippen molar-refractivity contribution < 1.29 is 13.5 Å². The van der Waals surface area contributed by atoms with Gasteiger partial charge in [0.05, 0.1) is 0 Å². The van der Waals surface area contributed by atoms with Crippen molar-refractivity contribution in [3.8, 4) is 5.75 Å². The minimum atomic E-state index is -0.909. The topological polar surface area (TPSA) is 35.2 Å². The van der Waals surface area contributed by atoms with Gasteiger partial charge in [0.1, 0.15) is 12.4 Å². The smallest absolute Gasteiger partial charge is 0.162 e. The van der Waals surface area contributed by atoms with Crippen molar-refractivity contribution in [2.45, 2.75) is 13.0 Å². The van der Waals surface area contributed by atoms with Gasteiger partial charge in [0.25, 0.3) is 0 Å². The van der Waals surface area contributed by atoms with Crippen LogP contribution in [0.5, 0.6) is 5.75 Å². The number of nitrogens with two attached hydrogens (primary N) is 1. The van der Waals surface area contributed by atoms with Crippen molar-refractivity contribution in [2.24, 2.45) is 5.73 Å². The van der Waals surface area contributed by atoms with E-state index in [4.69, 9.17) is 10.5 Å². The molecule has 0 fully saturated rings. The van der Waals surface area contributed by atoms with E-state index in [1.807, 2.05) is 24.3 Å². The first kappa shape index (κ1) is 13.5. The zero-order valence-electron chi connectivity index (χ0n) is 10.4. The molecule has 0 aliphatic rings. The SMILES string of the molecule is NCCc1ccccc1COc1ccc(F)c(F)c1. The molecule has 2 aromatic carbocycles. The van der Waals surface area contributed by atoms with Gasteiger partial charge in [-0.2, -0.15) is 0 Å². The molecule has 2 aromatic rings. The summed E-state index contributed by atoms with van der Waals surface area (Å²) < 4.78 is 31.3. The molecule has 0 atom stereocenters. The van der Waals surface area contributed by atoms with Crippen molar-refractivity contribution in [1.29, 1.82) is 0 Å². The highest BCUT2D eigenvalue weighted by Crippen LogP contribution is 2.18. The molecule has 2 N–H and O–H groups in total. The highest BCUT2D eigenvalue weighted by atomic mass is 19.2. The van der Waals surface area contributed by atoms with Gasteiger partial charge in [-0.1, -0.05) is 24.3 Å². The van der Waals surface area contributed by atoms with Crippen molar-refractivity contribution in [1.82, 2.24) is 0 Å². The Morgan fingerprint density at radius 3 is 2.37 bits per heavy atom. The lowest BCUT2D eigenvalue weighted by Gasteiger charge is -2.10. The Labute approximate surface area is 110 Å². The van der Waals surface area contributed by atoms with E-state index in [1.165, 1.54) is 6.07 Å². The molecule has 0 heterocycles. The van der Waals surface area contributed by atoms with Crippen molar-refractivity contribution in [3.05, 3.63) is 65.2 Å². The normalized spacial score (nSPS) is 10.5. The summed E-state index contributed by atoms with van der Waals surface area (Å²) in [6, 6.07) is 11.3. The molecule has 0 aliphatic heterocycles. The van der Waals surface area contributed by atoms with Crippen LogP contribution in [0, 0.1) is 11.6 Å². The van der Waals surface area contributed by atoms with E-state index in [1.54, 1.807) is 0 Å². The summed E-state index contributed by atoms with van der Waals surface area (Å²) in [5.74, 6) is -1.48. The molecule has 100 valence electrons. The van der Waals surface area contributed by atoms with Crippen LogP contribution >= 0.6 is 0 Å². The van der Waals surface area contributed by atoms with Crippen LogP contribution in [0.25, 0.3) is 0 Å². The van der Waals surface area contributed by atoms with Crippen LogP contribution in [0.15, 0.2) is 42.5 Å². The highest BCUT2D eigenvalue weighted by molar-refractivity contribution is 5.28. The number of ether oxygens (including phenoxy) is 1. The van der Waals surface area contributed by atoms with Crippen LogP contribution in [0.4, 0.5) is 8.78 Å². The summed E-state index contributed by atoms with van der Waals surface area (Å²) >= 11 is 0. The Morgan fingerprint density at radius 2 is 1.68 bits per heavy atom. The maximum atomic E-state index is 13.0. The monoisotopic (exact) mass is 263 g/mol. The molecule has 4 heteroatoms. The van der Waals surface area contributed by atoms with E-state index in [9.17, 15) is 8.78 Å². The predicted octanol–water partition coefficient (Wildman–Crippen LogP) is 3.05. The maximum absolute atomic E-state index is 13.0. The summed E-state index contributed by atoms with van der Waals surface area (Å²) in [6.45, 7) is 0.865. The molecule has 2 rings (SSSR count). The summed E-state index contributed by atoms with van der Waals surface area (Å²) in [7, 11) is 0. The summed E-state index contributed by atoms with van der Waals surface area (Å²) in [5, 5.41) is 0. The Hall–Kier alpha value is -1.94. The lowest BCUT2D eigenvalue weighted by Crippen LogP contribution is -2.07. The van der Waals surface area contributed by atoms with Gasteiger partial charge in [-0.25, -0.2) is 8.78 Å². The van der Waals surface area contributed by atoms with Gasteiger partial charge in [0.2, 0.25) is 0 Å². The van der Waals surface area contributed by atoms with E-state index in [-0.39, 0.29) is 0 Å². The summed E-state index contributed by atoms with van der Waals surface area (Å²) in [5.41, 5.74) is 7.64. The van der Waals surface area contributed by atoms with Gasteiger partial charge < -0.3 is 10.5 Å². The first-order chi connectivity index (χ1) is 9.20. The van der Waals surface area contributed by atoms with Crippen LogP contribution in [0.2, 0.25) is 0 Å².